The van der Waals surface area contributed by atoms with E-state index in [0.717, 1.165) is 19.4 Å². The molecular formula is C16H32N2O2. The molecule has 0 spiro atoms. The van der Waals surface area contributed by atoms with Crippen molar-refractivity contribution < 1.29 is 9.53 Å². The maximum absolute atomic E-state index is 11.8. The zero-order valence-corrected chi connectivity index (χ0v) is 14.0. The maximum atomic E-state index is 11.8. The zero-order chi connectivity index (χ0) is 15.8. The van der Waals surface area contributed by atoms with E-state index < -0.39 is 5.60 Å². The van der Waals surface area contributed by atoms with Crippen LogP contribution in [-0.2, 0) is 4.74 Å². The lowest BCUT2D eigenvalue weighted by Gasteiger charge is -2.27. The van der Waals surface area contributed by atoms with E-state index in [1.165, 1.54) is 0 Å². The molecule has 2 unspecified atom stereocenters. The van der Waals surface area contributed by atoms with Crippen LogP contribution in [-0.4, -0.2) is 30.3 Å². The van der Waals surface area contributed by atoms with Crippen LogP contribution in [0.1, 0.15) is 54.4 Å². The molecule has 2 atom stereocenters. The van der Waals surface area contributed by atoms with Crippen molar-refractivity contribution >= 4 is 6.09 Å². The van der Waals surface area contributed by atoms with Gasteiger partial charge in [0.1, 0.15) is 5.60 Å². The molecule has 0 heterocycles. The summed E-state index contributed by atoms with van der Waals surface area (Å²) in [5.41, 5.74) is -0.462. The van der Waals surface area contributed by atoms with Crippen molar-refractivity contribution in [1.29, 1.82) is 0 Å². The van der Waals surface area contributed by atoms with Crippen LogP contribution in [0, 0.1) is 5.92 Å². The number of hydrogen-bond acceptors (Lipinski definition) is 3. The van der Waals surface area contributed by atoms with Crippen LogP contribution in [0.2, 0.25) is 0 Å². The first-order valence-corrected chi connectivity index (χ1v) is 7.49. The van der Waals surface area contributed by atoms with Gasteiger partial charge in [0.2, 0.25) is 0 Å². The van der Waals surface area contributed by atoms with Gasteiger partial charge in [-0.3, -0.25) is 0 Å². The van der Waals surface area contributed by atoms with Crippen molar-refractivity contribution in [1.82, 2.24) is 10.6 Å². The minimum Gasteiger partial charge on any atom is -0.444 e. The van der Waals surface area contributed by atoms with Crippen LogP contribution in [0.5, 0.6) is 0 Å². The number of allylic oxidation sites excluding steroid dienone is 1. The van der Waals surface area contributed by atoms with E-state index in [0.29, 0.717) is 12.0 Å². The van der Waals surface area contributed by atoms with Crippen molar-refractivity contribution in [3.63, 3.8) is 0 Å². The molecule has 0 aliphatic rings. The van der Waals surface area contributed by atoms with E-state index in [1.807, 2.05) is 26.8 Å². The highest BCUT2D eigenvalue weighted by Crippen LogP contribution is 2.08. The minimum atomic E-state index is -0.462. The molecule has 0 aromatic heterocycles. The summed E-state index contributed by atoms with van der Waals surface area (Å²) < 4.78 is 5.30. The van der Waals surface area contributed by atoms with Gasteiger partial charge in [-0.15, -0.1) is 6.58 Å². The standard InChI is InChI=1S/C16H32N2O2/c1-8-9-10-13(4)17-11-14(12(2)3)18-15(19)20-16(5,6)7/h8,12-14,17H,1,9-11H2,2-7H3,(H,18,19). The predicted octanol–water partition coefficient (Wildman–Crippen LogP) is 3.48. The van der Waals surface area contributed by atoms with Gasteiger partial charge >= 0.3 is 6.09 Å². The van der Waals surface area contributed by atoms with Crippen LogP contribution in [0.25, 0.3) is 0 Å². The monoisotopic (exact) mass is 284 g/mol. The van der Waals surface area contributed by atoms with Crippen molar-refractivity contribution in [2.24, 2.45) is 5.92 Å². The highest BCUT2D eigenvalue weighted by atomic mass is 16.6. The van der Waals surface area contributed by atoms with E-state index in [4.69, 9.17) is 4.74 Å². The lowest BCUT2D eigenvalue weighted by Crippen LogP contribution is -2.48. The summed E-state index contributed by atoms with van der Waals surface area (Å²) in [6.07, 6.45) is 3.63. The zero-order valence-electron chi connectivity index (χ0n) is 14.0. The molecular weight excluding hydrogens is 252 g/mol. The van der Waals surface area contributed by atoms with Gasteiger partial charge in [-0.2, -0.15) is 0 Å². The van der Waals surface area contributed by atoms with Gasteiger partial charge < -0.3 is 15.4 Å². The largest absolute Gasteiger partial charge is 0.444 e. The molecule has 2 N–H and O–H groups in total. The first kappa shape index (κ1) is 19.0. The van der Waals surface area contributed by atoms with E-state index in [2.05, 4.69) is 38.0 Å². The third kappa shape index (κ3) is 9.84. The normalized spacial score (nSPS) is 14.8. The lowest BCUT2D eigenvalue weighted by atomic mass is 10.0. The quantitative estimate of drug-likeness (QED) is 0.671. The molecule has 118 valence electrons. The topological polar surface area (TPSA) is 50.4 Å². The molecule has 0 aliphatic carbocycles. The Balaban J connectivity index is 4.23. The number of rotatable bonds is 8. The summed E-state index contributed by atoms with van der Waals surface area (Å²) in [7, 11) is 0. The number of carbonyl (C=O) groups excluding carboxylic acids is 1. The van der Waals surface area contributed by atoms with E-state index >= 15 is 0 Å². The van der Waals surface area contributed by atoms with Gasteiger partial charge in [0.25, 0.3) is 0 Å². The number of amides is 1. The van der Waals surface area contributed by atoms with Crippen LogP contribution in [0.15, 0.2) is 12.7 Å². The van der Waals surface area contributed by atoms with Crippen LogP contribution >= 0.6 is 0 Å². The van der Waals surface area contributed by atoms with Crippen LogP contribution in [0.4, 0.5) is 4.79 Å². The second kappa shape index (κ2) is 9.01. The Bertz CT molecular complexity index is 295. The SMILES string of the molecule is C=CCCC(C)NCC(NC(=O)OC(C)(C)C)C(C)C. The molecule has 0 aromatic carbocycles. The Kier molecular flexibility index (Phi) is 8.54. The highest BCUT2D eigenvalue weighted by Gasteiger charge is 2.21. The molecule has 0 radical (unpaired) electrons. The van der Waals surface area contributed by atoms with E-state index in [1.54, 1.807) is 0 Å². The fourth-order valence-corrected chi connectivity index (χ4v) is 1.71. The molecule has 0 saturated carbocycles. The number of alkyl carbamates (subject to hydrolysis) is 1. The average Bonchev–Trinajstić information content (AvgIpc) is 2.29. The van der Waals surface area contributed by atoms with Gasteiger partial charge in [0.15, 0.2) is 0 Å². The van der Waals surface area contributed by atoms with Crippen molar-refractivity contribution in [3.8, 4) is 0 Å². The van der Waals surface area contributed by atoms with Crippen molar-refractivity contribution in [2.75, 3.05) is 6.54 Å². The summed E-state index contributed by atoms with van der Waals surface area (Å²) in [5, 5.41) is 6.39. The van der Waals surface area contributed by atoms with Gasteiger partial charge in [-0.05, 0) is 46.5 Å². The van der Waals surface area contributed by atoms with E-state index in [9.17, 15) is 4.79 Å². The molecule has 1 amide bonds. The first-order chi connectivity index (χ1) is 9.15. The van der Waals surface area contributed by atoms with Gasteiger partial charge in [0, 0.05) is 18.6 Å². The Morgan fingerprint density at radius 2 is 1.90 bits per heavy atom. The molecule has 0 aliphatic heterocycles. The fraction of sp³-hybridized carbons (Fsp3) is 0.812. The molecule has 0 bridgehead atoms. The predicted molar refractivity (Wildman–Crippen MR) is 84.9 cm³/mol. The fourth-order valence-electron chi connectivity index (χ4n) is 1.71. The number of hydrogen-bond donors (Lipinski definition) is 2. The molecule has 20 heavy (non-hydrogen) atoms. The van der Waals surface area contributed by atoms with Gasteiger partial charge in [-0.1, -0.05) is 19.9 Å². The number of ether oxygens (including phenoxy) is 1. The third-order valence-electron chi connectivity index (χ3n) is 3.00. The summed E-state index contributed by atoms with van der Waals surface area (Å²) in [5.74, 6) is 0.349. The molecule has 0 fully saturated rings. The van der Waals surface area contributed by atoms with Crippen LogP contribution < -0.4 is 10.6 Å². The van der Waals surface area contributed by atoms with Gasteiger partial charge in [0.05, 0.1) is 0 Å². The molecule has 4 nitrogen and oxygen atoms in total. The third-order valence-corrected chi connectivity index (χ3v) is 3.00. The average molecular weight is 284 g/mol. The van der Waals surface area contributed by atoms with Crippen LogP contribution in [0.3, 0.4) is 0 Å². The Morgan fingerprint density at radius 3 is 2.35 bits per heavy atom. The van der Waals surface area contributed by atoms with Gasteiger partial charge in [-0.25, -0.2) is 4.79 Å². The highest BCUT2D eigenvalue weighted by molar-refractivity contribution is 5.68. The molecule has 4 heteroatoms. The Morgan fingerprint density at radius 1 is 1.30 bits per heavy atom. The second-order valence-electron chi connectivity index (χ2n) is 6.67. The molecule has 0 rings (SSSR count). The van der Waals surface area contributed by atoms with Crippen molar-refractivity contribution in [3.05, 3.63) is 12.7 Å². The number of carbonyl (C=O) groups is 1. The summed E-state index contributed by atoms with van der Waals surface area (Å²) in [6.45, 7) is 16.4. The first-order valence-electron chi connectivity index (χ1n) is 7.49. The minimum absolute atomic E-state index is 0.0658. The summed E-state index contributed by atoms with van der Waals surface area (Å²) in [6, 6.07) is 0.478. The smallest absolute Gasteiger partial charge is 0.407 e. The Labute approximate surface area is 124 Å². The molecule has 0 saturated heterocycles. The van der Waals surface area contributed by atoms with E-state index in [-0.39, 0.29) is 12.1 Å². The maximum Gasteiger partial charge on any atom is 0.407 e. The number of nitrogens with one attached hydrogen (secondary N) is 2. The molecule has 0 aromatic rings. The summed E-state index contributed by atoms with van der Waals surface area (Å²) in [4.78, 5) is 11.8. The van der Waals surface area contributed by atoms with Crippen molar-refractivity contribution in [2.45, 2.75) is 72.1 Å². The second-order valence-corrected chi connectivity index (χ2v) is 6.67. The Hall–Kier alpha value is -1.03. The lowest BCUT2D eigenvalue weighted by molar-refractivity contribution is 0.0489. The summed E-state index contributed by atoms with van der Waals surface area (Å²) >= 11 is 0.